The number of carbonyl (C=O) groups excluding carboxylic acids is 2. The third-order valence-corrected chi connectivity index (χ3v) is 5.62. The van der Waals surface area contributed by atoms with Gasteiger partial charge in [-0.1, -0.05) is 35.5 Å². The molecule has 4 rings (SSSR count). The Kier molecular flexibility index (Phi) is 6.50. The lowest BCUT2D eigenvalue weighted by atomic mass is 10.1. The number of aromatic nitrogens is 2. The molecule has 3 aromatic rings. The summed E-state index contributed by atoms with van der Waals surface area (Å²) in [5, 5.41) is 5.44. The number of nitrogens with one attached hydrogen (secondary N) is 3. The van der Waals surface area contributed by atoms with E-state index in [9.17, 15) is 14.4 Å². The van der Waals surface area contributed by atoms with E-state index in [-0.39, 0.29) is 35.1 Å². The van der Waals surface area contributed by atoms with Crippen LogP contribution < -0.4 is 31.4 Å². The summed E-state index contributed by atoms with van der Waals surface area (Å²) in [6, 6.07) is 12.3. The van der Waals surface area contributed by atoms with Crippen LogP contribution in [0, 0.1) is 6.92 Å². The highest BCUT2D eigenvalue weighted by atomic mass is 32.2. The van der Waals surface area contributed by atoms with Crippen molar-refractivity contribution in [2.75, 3.05) is 23.6 Å². The smallest absolute Gasteiger partial charge is 0.277 e. The first kappa shape index (κ1) is 22.2. The van der Waals surface area contributed by atoms with Crippen LogP contribution in [0.4, 0.5) is 11.5 Å². The number of ether oxygens (including phenoxy) is 2. The molecule has 33 heavy (non-hydrogen) atoms. The summed E-state index contributed by atoms with van der Waals surface area (Å²) in [5.41, 5.74) is 7.39. The maximum atomic E-state index is 12.4. The molecule has 10 nitrogen and oxygen atoms in total. The number of amides is 2. The van der Waals surface area contributed by atoms with Gasteiger partial charge >= 0.3 is 0 Å². The summed E-state index contributed by atoms with van der Waals surface area (Å²) in [7, 11) is 0. The highest BCUT2D eigenvalue weighted by molar-refractivity contribution is 7.99. The monoisotopic (exact) mass is 467 g/mol. The molecule has 0 unspecified atom stereocenters. The summed E-state index contributed by atoms with van der Waals surface area (Å²) in [4.78, 5) is 43.6. The number of H-pyrrole nitrogens is 1. The van der Waals surface area contributed by atoms with Gasteiger partial charge in [0.1, 0.15) is 5.69 Å². The average Bonchev–Trinajstić information content (AvgIpc) is 3.27. The van der Waals surface area contributed by atoms with Gasteiger partial charge in [0.2, 0.25) is 12.7 Å². The molecule has 0 radical (unpaired) electrons. The molecule has 5 N–H and O–H groups in total. The van der Waals surface area contributed by atoms with Crippen LogP contribution in [-0.4, -0.2) is 34.3 Å². The summed E-state index contributed by atoms with van der Waals surface area (Å²) in [5.74, 6) is 0.465. The van der Waals surface area contributed by atoms with E-state index in [1.54, 1.807) is 36.4 Å². The number of rotatable bonds is 7. The third kappa shape index (κ3) is 5.44. The quantitative estimate of drug-likeness (QED) is 0.305. The molecular weight excluding hydrogens is 446 g/mol. The lowest BCUT2D eigenvalue weighted by Crippen LogP contribution is -2.25. The van der Waals surface area contributed by atoms with Crippen LogP contribution in [0.2, 0.25) is 0 Å². The zero-order chi connectivity index (χ0) is 23.4. The molecule has 0 aliphatic carbocycles. The SMILES string of the molecule is Cc1ccc(C(=O)Nc2c(N)nc(SCC(=O)NCc3ccc4c(c3)OCO4)[nH]c2=O)cc1. The zero-order valence-corrected chi connectivity index (χ0v) is 18.5. The number of thioether (sulfide) groups is 1. The molecule has 0 bridgehead atoms. The maximum Gasteiger partial charge on any atom is 0.277 e. The third-order valence-electron chi connectivity index (χ3n) is 4.74. The van der Waals surface area contributed by atoms with Gasteiger partial charge in [0.25, 0.3) is 11.5 Å². The highest BCUT2D eigenvalue weighted by Gasteiger charge is 2.16. The minimum atomic E-state index is -0.605. The van der Waals surface area contributed by atoms with Gasteiger partial charge in [0.05, 0.1) is 5.75 Å². The fourth-order valence-corrected chi connectivity index (χ4v) is 3.68. The number of aryl methyl sites for hydroxylation is 1. The van der Waals surface area contributed by atoms with Gasteiger partial charge in [-0.05, 0) is 36.8 Å². The molecule has 1 aliphatic heterocycles. The molecule has 11 heteroatoms. The number of hydrogen-bond donors (Lipinski definition) is 4. The van der Waals surface area contributed by atoms with E-state index in [1.807, 2.05) is 13.0 Å². The van der Waals surface area contributed by atoms with Gasteiger partial charge < -0.3 is 25.8 Å². The van der Waals surface area contributed by atoms with Crippen molar-refractivity contribution < 1.29 is 19.1 Å². The molecule has 0 atom stereocenters. The van der Waals surface area contributed by atoms with Crippen LogP contribution in [0.1, 0.15) is 21.5 Å². The molecule has 0 saturated heterocycles. The Morgan fingerprint density at radius 3 is 2.67 bits per heavy atom. The fraction of sp³-hybridized carbons (Fsp3) is 0.182. The normalized spacial score (nSPS) is 11.8. The Morgan fingerprint density at radius 1 is 1.15 bits per heavy atom. The molecule has 0 spiro atoms. The molecule has 1 aliphatic rings. The van der Waals surface area contributed by atoms with Gasteiger partial charge in [0, 0.05) is 12.1 Å². The first-order valence-electron chi connectivity index (χ1n) is 9.95. The van der Waals surface area contributed by atoms with Crippen LogP contribution in [-0.2, 0) is 11.3 Å². The molecule has 170 valence electrons. The van der Waals surface area contributed by atoms with E-state index in [1.165, 1.54) is 0 Å². The van der Waals surface area contributed by atoms with Crippen molar-refractivity contribution in [1.29, 1.82) is 0 Å². The summed E-state index contributed by atoms with van der Waals surface area (Å²) in [6.45, 7) is 2.40. The number of benzene rings is 2. The average molecular weight is 468 g/mol. The summed E-state index contributed by atoms with van der Waals surface area (Å²) < 4.78 is 10.6. The predicted molar refractivity (Wildman–Crippen MR) is 124 cm³/mol. The number of hydrogen-bond acceptors (Lipinski definition) is 8. The second-order valence-corrected chi connectivity index (χ2v) is 8.17. The van der Waals surface area contributed by atoms with E-state index in [2.05, 4.69) is 20.6 Å². The molecule has 2 aromatic carbocycles. The van der Waals surface area contributed by atoms with Gasteiger partial charge in [-0.3, -0.25) is 19.4 Å². The van der Waals surface area contributed by atoms with E-state index >= 15 is 0 Å². The first-order chi connectivity index (χ1) is 15.9. The van der Waals surface area contributed by atoms with Crippen molar-refractivity contribution >= 4 is 35.1 Å². The van der Waals surface area contributed by atoms with Crippen LogP contribution in [0.25, 0.3) is 0 Å². The fourth-order valence-electron chi connectivity index (χ4n) is 2.99. The lowest BCUT2D eigenvalue weighted by Gasteiger charge is -2.09. The van der Waals surface area contributed by atoms with Crippen molar-refractivity contribution in [3.63, 3.8) is 0 Å². The number of nitrogens with two attached hydrogens (primary N) is 1. The standard InChI is InChI=1S/C22H21N5O5S/c1-12-2-5-14(6-3-12)20(29)25-18-19(23)26-22(27-21(18)30)33-10-17(28)24-9-13-4-7-15-16(8-13)32-11-31-15/h2-8H,9-11H2,1H3,(H,24,28)(H,25,29)(H3,23,26,27,30). The van der Waals surface area contributed by atoms with Crippen molar-refractivity contribution in [2.45, 2.75) is 18.6 Å². The van der Waals surface area contributed by atoms with Gasteiger partial charge in [-0.25, -0.2) is 4.98 Å². The second kappa shape index (κ2) is 9.65. The van der Waals surface area contributed by atoms with Crippen LogP contribution in [0.15, 0.2) is 52.4 Å². The maximum absolute atomic E-state index is 12.4. The van der Waals surface area contributed by atoms with Crippen molar-refractivity contribution in [3.8, 4) is 11.5 Å². The topological polar surface area (TPSA) is 148 Å². The molecule has 1 aromatic heterocycles. The molecule has 0 fully saturated rings. The number of carbonyl (C=O) groups is 2. The van der Waals surface area contributed by atoms with Gasteiger partial charge in [-0.15, -0.1) is 0 Å². The number of nitrogen functional groups attached to an aromatic ring is 1. The van der Waals surface area contributed by atoms with Crippen LogP contribution in [0.5, 0.6) is 11.5 Å². The zero-order valence-electron chi connectivity index (χ0n) is 17.6. The minimum Gasteiger partial charge on any atom is -0.454 e. The lowest BCUT2D eigenvalue weighted by molar-refractivity contribution is -0.118. The largest absolute Gasteiger partial charge is 0.454 e. The molecular formula is C22H21N5O5S. The summed E-state index contributed by atoms with van der Waals surface area (Å²) >= 11 is 1.02. The van der Waals surface area contributed by atoms with E-state index in [0.29, 0.717) is 23.6 Å². The number of anilines is 2. The Balaban J connectivity index is 1.32. The van der Waals surface area contributed by atoms with Gasteiger partial charge in [0.15, 0.2) is 22.5 Å². The van der Waals surface area contributed by atoms with Crippen molar-refractivity contribution in [1.82, 2.24) is 15.3 Å². The predicted octanol–water partition coefficient (Wildman–Crippen LogP) is 2.05. The Morgan fingerprint density at radius 2 is 1.91 bits per heavy atom. The first-order valence-corrected chi connectivity index (χ1v) is 10.9. The summed E-state index contributed by atoms with van der Waals surface area (Å²) in [6.07, 6.45) is 0. The Labute approximate surface area is 192 Å². The van der Waals surface area contributed by atoms with Crippen molar-refractivity contribution in [2.24, 2.45) is 0 Å². The van der Waals surface area contributed by atoms with E-state index in [4.69, 9.17) is 15.2 Å². The van der Waals surface area contributed by atoms with Crippen molar-refractivity contribution in [3.05, 3.63) is 69.5 Å². The Hall–Kier alpha value is -3.99. The highest BCUT2D eigenvalue weighted by Crippen LogP contribution is 2.32. The van der Waals surface area contributed by atoms with Crippen LogP contribution >= 0.6 is 11.8 Å². The number of fused-ring (bicyclic) bond motifs is 1. The number of aromatic amines is 1. The second-order valence-electron chi connectivity index (χ2n) is 7.20. The van der Waals surface area contributed by atoms with Crippen LogP contribution in [0.3, 0.4) is 0 Å². The molecule has 0 saturated carbocycles. The molecule has 2 heterocycles. The Bertz CT molecular complexity index is 1260. The van der Waals surface area contributed by atoms with E-state index in [0.717, 1.165) is 22.9 Å². The van der Waals surface area contributed by atoms with Gasteiger partial charge in [-0.2, -0.15) is 0 Å². The minimum absolute atomic E-state index is 0.0159. The molecule has 2 amide bonds. The van der Waals surface area contributed by atoms with E-state index < -0.39 is 11.5 Å². The number of nitrogens with zero attached hydrogens (tertiary/aromatic N) is 1.